The van der Waals surface area contributed by atoms with Gasteiger partial charge in [0.1, 0.15) is 12.1 Å². The third-order valence-electron chi connectivity index (χ3n) is 10.1. The zero-order valence-corrected chi connectivity index (χ0v) is 28.5. The molecule has 3 fully saturated rings. The van der Waals surface area contributed by atoms with Crippen LogP contribution in [0.1, 0.15) is 105 Å². The number of hydrogen-bond donors (Lipinski definition) is 4. The molecule has 1 aliphatic heterocycles. The van der Waals surface area contributed by atoms with Gasteiger partial charge in [-0.3, -0.25) is 24.2 Å². The molecule has 254 valence electrons. The van der Waals surface area contributed by atoms with Gasteiger partial charge in [-0.25, -0.2) is 4.79 Å². The van der Waals surface area contributed by atoms with E-state index < -0.39 is 52.7 Å². The third kappa shape index (κ3) is 9.06. The molecule has 5 N–H and O–H groups in total. The van der Waals surface area contributed by atoms with Crippen molar-refractivity contribution in [1.29, 1.82) is 0 Å². The lowest BCUT2D eigenvalue weighted by Crippen LogP contribution is -2.62. The van der Waals surface area contributed by atoms with E-state index >= 15 is 0 Å². The van der Waals surface area contributed by atoms with E-state index in [4.69, 9.17) is 5.73 Å². The average molecular weight is 639 g/mol. The van der Waals surface area contributed by atoms with E-state index in [2.05, 4.69) is 41.7 Å². The van der Waals surface area contributed by atoms with Crippen molar-refractivity contribution in [2.45, 2.75) is 129 Å². The monoisotopic (exact) mass is 638 g/mol. The number of pyridine rings is 1. The van der Waals surface area contributed by atoms with E-state index in [1.54, 1.807) is 11.1 Å². The first-order valence-corrected chi connectivity index (χ1v) is 16.9. The third-order valence-corrected chi connectivity index (χ3v) is 10.1. The molecule has 0 spiro atoms. The van der Waals surface area contributed by atoms with Gasteiger partial charge in [0.25, 0.3) is 5.91 Å². The maximum Gasteiger partial charge on any atom is 0.315 e. The molecule has 46 heavy (non-hydrogen) atoms. The van der Waals surface area contributed by atoms with Gasteiger partial charge in [-0.15, -0.1) is 0 Å². The Kier molecular flexibility index (Phi) is 10.8. The Morgan fingerprint density at radius 3 is 2.22 bits per heavy atom. The van der Waals surface area contributed by atoms with Crippen molar-refractivity contribution in [1.82, 2.24) is 25.8 Å². The summed E-state index contributed by atoms with van der Waals surface area (Å²) in [6.45, 7) is 12.2. The lowest BCUT2D eigenvalue weighted by atomic mass is 9.78. The number of ketones is 1. The minimum absolute atomic E-state index is 0.000695. The Labute approximate surface area is 273 Å². The molecular formula is C35H54N6O5. The maximum atomic E-state index is 14.4. The van der Waals surface area contributed by atoms with Gasteiger partial charge in [0.15, 0.2) is 0 Å². The largest absolute Gasteiger partial charge is 0.363 e. The number of nitrogens with two attached hydrogens (primary N) is 1. The van der Waals surface area contributed by atoms with Crippen LogP contribution in [0.15, 0.2) is 24.4 Å². The number of primary amides is 1. The zero-order valence-electron chi connectivity index (χ0n) is 28.5. The Morgan fingerprint density at radius 1 is 1.00 bits per heavy atom. The minimum Gasteiger partial charge on any atom is -0.363 e. The summed E-state index contributed by atoms with van der Waals surface area (Å²) in [6, 6.07) is 2.56. The predicted molar refractivity (Wildman–Crippen MR) is 175 cm³/mol. The Balaban J connectivity index is 1.55. The number of likely N-dealkylation sites (tertiary alicyclic amines) is 1. The Hall–Kier alpha value is -3.50. The van der Waals surface area contributed by atoms with Crippen LogP contribution in [0.4, 0.5) is 4.79 Å². The first-order valence-electron chi connectivity index (χ1n) is 16.9. The second-order valence-electron chi connectivity index (χ2n) is 16.0. The molecule has 0 bridgehead atoms. The van der Waals surface area contributed by atoms with Crippen molar-refractivity contribution in [3.8, 4) is 0 Å². The van der Waals surface area contributed by atoms with Crippen molar-refractivity contribution < 1.29 is 24.0 Å². The van der Waals surface area contributed by atoms with Gasteiger partial charge >= 0.3 is 6.03 Å². The normalized spacial score (nSPS) is 22.8. The summed E-state index contributed by atoms with van der Waals surface area (Å²) in [4.78, 5) is 72.5. The molecular weight excluding hydrogens is 584 g/mol. The van der Waals surface area contributed by atoms with Gasteiger partial charge in [0.05, 0.1) is 6.04 Å². The number of amides is 5. The molecule has 4 rings (SSSR count). The summed E-state index contributed by atoms with van der Waals surface area (Å²) in [5.41, 5.74) is 4.87. The lowest BCUT2D eigenvalue weighted by Gasteiger charge is -2.40. The standard InChI is InChI=1S/C35H54N6O5/c1-33(2,3)23-19-26(30(44)38-25(18-22-13-14-22)27(42)29(36)43)41(21-23)31(45)28(34(4,5)6)39-32(46)40-35(15-9-7-10-16-35)20-24-12-8-11-17-37-24/h8,11-12,17,22-23,25-26,28H,7,9-10,13-16,18-21H2,1-6H3,(H2,36,43)(H,38,44)(H2,39,40,46)/t23-,25?,26+,28-/m1/s1. The van der Waals surface area contributed by atoms with E-state index in [-0.39, 0.29) is 23.2 Å². The smallest absolute Gasteiger partial charge is 0.315 e. The highest BCUT2D eigenvalue weighted by Crippen LogP contribution is 2.39. The number of hydrogen-bond acceptors (Lipinski definition) is 6. The number of aromatic nitrogens is 1. The predicted octanol–water partition coefficient (Wildman–Crippen LogP) is 3.64. The van der Waals surface area contributed by atoms with Crippen molar-refractivity contribution in [3.63, 3.8) is 0 Å². The van der Waals surface area contributed by atoms with Gasteiger partial charge < -0.3 is 26.6 Å². The van der Waals surface area contributed by atoms with E-state index in [1.807, 2.05) is 39.0 Å². The molecule has 2 heterocycles. The van der Waals surface area contributed by atoms with Gasteiger partial charge in [-0.2, -0.15) is 0 Å². The lowest BCUT2D eigenvalue weighted by molar-refractivity contribution is -0.143. The topological polar surface area (TPSA) is 164 Å². The number of nitrogens with zero attached hydrogens (tertiary/aromatic N) is 2. The molecule has 1 aromatic heterocycles. The number of carbonyl (C=O) groups is 5. The van der Waals surface area contributed by atoms with Crippen LogP contribution in [0.3, 0.4) is 0 Å². The van der Waals surface area contributed by atoms with Gasteiger partial charge in [0, 0.05) is 30.4 Å². The van der Waals surface area contributed by atoms with Crippen LogP contribution in [-0.2, 0) is 25.6 Å². The maximum absolute atomic E-state index is 14.4. The number of nitrogens with one attached hydrogen (secondary N) is 3. The molecule has 2 saturated carbocycles. The zero-order chi connectivity index (χ0) is 33.9. The average Bonchev–Trinajstić information content (AvgIpc) is 3.67. The van der Waals surface area contributed by atoms with Crippen molar-refractivity contribution in [2.24, 2.45) is 28.4 Å². The Morgan fingerprint density at radius 2 is 1.67 bits per heavy atom. The summed E-state index contributed by atoms with van der Waals surface area (Å²) >= 11 is 0. The molecule has 2 aliphatic carbocycles. The number of urea groups is 1. The Bertz CT molecular complexity index is 1280. The molecule has 11 nitrogen and oxygen atoms in total. The molecule has 4 atom stereocenters. The fourth-order valence-electron chi connectivity index (χ4n) is 6.96. The van der Waals surface area contributed by atoms with Gasteiger partial charge in [0.2, 0.25) is 17.6 Å². The summed E-state index contributed by atoms with van der Waals surface area (Å²) in [5, 5.41) is 9.03. The van der Waals surface area contributed by atoms with Crippen LogP contribution in [0.25, 0.3) is 0 Å². The number of carbonyl (C=O) groups excluding carboxylic acids is 5. The fraction of sp³-hybridized carbons (Fsp3) is 0.714. The van der Waals surface area contributed by atoms with Crippen molar-refractivity contribution >= 4 is 29.5 Å². The molecule has 0 aromatic carbocycles. The first-order chi connectivity index (χ1) is 21.5. The molecule has 1 unspecified atom stereocenters. The quantitative estimate of drug-likeness (QED) is 0.270. The first kappa shape index (κ1) is 35.4. The summed E-state index contributed by atoms with van der Waals surface area (Å²) < 4.78 is 0. The molecule has 0 radical (unpaired) electrons. The van der Waals surface area contributed by atoms with Crippen molar-refractivity contribution in [2.75, 3.05) is 6.54 Å². The van der Waals surface area contributed by atoms with Crippen LogP contribution < -0.4 is 21.7 Å². The summed E-state index contributed by atoms with van der Waals surface area (Å²) in [6.07, 6.45) is 9.71. The van der Waals surface area contributed by atoms with Crippen molar-refractivity contribution in [3.05, 3.63) is 30.1 Å². The second-order valence-corrected chi connectivity index (χ2v) is 16.0. The van der Waals surface area contributed by atoms with Crippen LogP contribution in [-0.4, -0.2) is 69.6 Å². The van der Waals surface area contributed by atoms with Gasteiger partial charge in [-0.1, -0.05) is 79.7 Å². The van der Waals surface area contributed by atoms with Crippen LogP contribution in [0.5, 0.6) is 0 Å². The van der Waals surface area contributed by atoms with Crippen LogP contribution >= 0.6 is 0 Å². The highest BCUT2D eigenvalue weighted by molar-refractivity contribution is 6.37. The van der Waals surface area contributed by atoms with Crippen LogP contribution in [0, 0.1) is 22.7 Å². The molecule has 1 saturated heterocycles. The van der Waals surface area contributed by atoms with E-state index in [0.717, 1.165) is 50.6 Å². The van der Waals surface area contributed by atoms with E-state index in [9.17, 15) is 24.0 Å². The second kappa shape index (κ2) is 14.1. The fourth-order valence-corrected chi connectivity index (χ4v) is 6.96. The van der Waals surface area contributed by atoms with Crippen LogP contribution in [0.2, 0.25) is 0 Å². The summed E-state index contributed by atoms with van der Waals surface area (Å²) in [7, 11) is 0. The number of Topliss-reactive ketones (excluding diaryl/α,β-unsaturated/α-hetero) is 1. The molecule has 11 heteroatoms. The molecule has 3 aliphatic rings. The van der Waals surface area contributed by atoms with E-state index in [1.165, 1.54) is 0 Å². The highest BCUT2D eigenvalue weighted by Gasteiger charge is 2.48. The van der Waals surface area contributed by atoms with Gasteiger partial charge in [-0.05, 0) is 60.5 Å². The van der Waals surface area contributed by atoms with E-state index in [0.29, 0.717) is 25.8 Å². The summed E-state index contributed by atoms with van der Waals surface area (Å²) in [5.74, 6) is -2.48. The number of rotatable bonds is 11. The molecule has 1 aromatic rings. The minimum atomic E-state index is -1.08. The SMILES string of the molecule is CC(C)(C)[C@@H]1C[C@@H](C(=O)NC(CC2CC2)C(=O)C(N)=O)N(C(=O)[C@@H](NC(=O)NC2(Cc3ccccn3)CCCCC2)C(C)(C)C)C1. The highest BCUT2D eigenvalue weighted by atomic mass is 16.2. The molecule has 5 amide bonds.